The number of anilines is 1. The second-order valence-corrected chi connectivity index (χ2v) is 4.97. The van der Waals surface area contributed by atoms with Gasteiger partial charge in [0.05, 0.1) is 12.2 Å². The molecule has 0 saturated heterocycles. The molecule has 19 heavy (non-hydrogen) atoms. The Morgan fingerprint density at radius 2 is 2.32 bits per heavy atom. The van der Waals surface area contributed by atoms with Gasteiger partial charge < -0.3 is 15.4 Å². The molecule has 4 heteroatoms. The van der Waals surface area contributed by atoms with Crippen LogP contribution in [-0.4, -0.2) is 31.5 Å². The second kappa shape index (κ2) is 6.06. The van der Waals surface area contributed by atoms with Gasteiger partial charge in [0.1, 0.15) is 11.9 Å². The highest BCUT2D eigenvalue weighted by Gasteiger charge is 2.22. The molecule has 2 rings (SSSR count). The monoisotopic (exact) mass is 262 g/mol. The molecule has 0 amide bonds. The topological polar surface area (TPSA) is 55.6 Å². The van der Waals surface area contributed by atoms with E-state index in [4.69, 9.17) is 10.5 Å². The van der Waals surface area contributed by atoms with Crippen LogP contribution in [-0.2, 0) is 0 Å². The summed E-state index contributed by atoms with van der Waals surface area (Å²) in [5.41, 5.74) is 7.22. The van der Waals surface area contributed by atoms with E-state index >= 15 is 0 Å². The molecule has 1 aliphatic heterocycles. The van der Waals surface area contributed by atoms with Crippen LogP contribution in [0.4, 0.5) is 5.69 Å². The minimum Gasteiger partial charge on any atom is -0.487 e. The van der Waals surface area contributed by atoms with Crippen LogP contribution >= 0.6 is 0 Å². The molecule has 1 aromatic carbocycles. The lowest BCUT2D eigenvalue weighted by molar-refractivity contribution is 0.0980. The van der Waals surface area contributed by atoms with Gasteiger partial charge in [-0.15, -0.1) is 0 Å². The Kier molecular flexibility index (Phi) is 4.43. The van der Waals surface area contributed by atoms with Crippen LogP contribution in [0.25, 0.3) is 0 Å². The van der Waals surface area contributed by atoms with Crippen molar-refractivity contribution >= 4 is 11.5 Å². The van der Waals surface area contributed by atoms with E-state index < -0.39 is 0 Å². The minimum atomic E-state index is 0.155. The first kappa shape index (κ1) is 13.9. The molecular formula is C15H22N2O2. The van der Waals surface area contributed by atoms with Crippen molar-refractivity contribution in [2.24, 2.45) is 5.73 Å². The average Bonchev–Trinajstić information content (AvgIpc) is 2.43. The first-order chi connectivity index (χ1) is 9.15. The van der Waals surface area contributed by atoms with Crippen LogP contribution in [0, 0.1) is 0 Å². The van der Waals surface area contributed by atoms with Gasteiger partial charge in [0, 0.05) is 18.5 Å². The number of benzene rings is 1. The SMILES string of the molecule is CCN1CC(C)Oc2ccc(C(=O)CCCN)cc21. The summed E-state index contributed by atoms with van der Waals surface area (Å²) in [4.78, 5) is 14.3. The van der Waals surface area contributed by atoms with Crippen LogP contribution < -0.4 is 15.4 Å². The van der Waals surface area contributed by atoms with E-state index in [0.717, 1.165) is 36.5 Å². The first-order valence-electron chi connectivity index (χ1n) is 6.94. The van der Waals surface area contributed by atoms with E-state index in [1.807, 2.05) is 18.2 Å². The number of hydrogen-bond donors (Lipinski definition) is 1. The minimum absolute atomic E-state index is 0.155. The largest absolute Gasteiger partial charge is 0.487 e. The molecule has 0 radical (unpaired) electrons. The molecule has 1 aromatic rings. The van der Waals surface area contributed by atoms with Crippen molar-refractivity contribution in [1.82, 2.24) is 0 Å². The molecule has 0 aromatic heterocycles. The maximum absolute atomic E-state index is 12.0. The molecular weight excluding hydrogens is 240 g/mol. The van der Waals surface area contributed by atoms with Gasteiger partial charge in [0.15, 0.2) is 5.78 Å². The third kappa shape index (κ3) is 3.07. The fraction of sp³-hybridized carbons (Fsp3) is 0.533. The van der Waals surface area contributed by atoms with Crippen molar-refractivity contribution in [3.05, 3.63) is 23.8 Å². The van der Waals surface area contributed by atoms with Crippen molar-refractivity contribution in [3.63, 3.8) is 0 Å². The number of fused-ring (bicyclic) bond motifs is 1. The van der Waals surface area contributed by atoms with E-state index in [9.17, 15) is 4.79 Å². The zero-order chi connectivity index (χ0) is 13.8. The maximum Gasteiger partial charge on any atom is 0.163 e. The highest BCUT2D eigenvalue weighted by atomic mass is 16.5. The quantitative estimate of drug-likeness (QED) is 0.827. The number of likely N-dealkylation sites (N-methyl/N-ethyl adjacent to an activating group) is 1. The maximum atomic E-state index is 12.0. The molecule has 0 bridgehead atoms. The standard InChI is InChI=1S/C15H22N2O2/c1-3-17-10-11(2)19-15-7-6-12(9-13(15)17)14(18)5-4-8-16/h6-7,9,11H,3-5,8,10,16H2,1-2H3. The summed E-state index contributed by atoms with van der Waals surface area (Å²) in [6.45, 7) is 6.51. The summed E-state index contributed by atoms with van der Waals surface area (Å²) in [5, 5.41) is 0. The Balaban J connectivity index is 2.24. The van der Waals surface area contributed by atoms with E-state index in [-0.39, 0.29) is 11.9 Å². The number of nitrogens with two attached hydrogens (primary N) is 1. The van der Waals surface area contributed by atoms with Crippen molar-refractivity contribution in [2.75, 3.05) is 24.5 Å². The van der Waals surface area contributed by atoms with E-state index in [1.165, 1.54) is 0 Å². The second-order valence-electron chi connectivity index (χ2n) is 4.97. The van der Waals surface area contributed by atoms with Crippen LogP contribution in [0.2, 0.25) is 0 Å². The zero-order valence-corrected chi connectivity index (χ0v) is 11.7. The highest BCUT2D eigenvalue weighted by molar-refractivity contribution is 5.97. The van der Waals surface area contributed by atoms with Gasteiger partial charge >= 0.3 is 0 Å². The Morgan fingerprint density at radius 1 is 1.53 bits per heavy atom. The summed E-state index contributed by atoms with van der Waals surface area (Å²) in [7, 11) is 0. The number of carbonyl (C=O) groups is 1. The van der Waals surface area contributed by atoms with Gasteiger partial charge in [-0.1, -0.05) is 0 Å². The number of carbonyl (C=O) groups excluding carboxylic acids is 1. The van der Waals surface area contributed by atoms with Gasteiger partial charge in [0.2, 0.25) is 0 Å². The highest BCUT2D eigenvalue weighted by Crippen LogP contribution is 2.34. The van der Waals surface area contributed by atoms with Gasteiger partial charge in [-0.3, -0.25) is 4.79 Å². The number of ketones is 1. The normalized spacial score (nSPS) is 17.8. The van der Waals surface area contributed by atoms with Crippen LogP contribution in [0.5, 0.6) is 5.75 Å². The zero-order valence-electron chi connectivity index (χ0n) is 11.7. The van der Waals surface area contributed by atoms with Crippen molar-refractivity contribution in [2.45, 2.75) is 32.8 Å². The van der Waals surface area contributed by atoms with Crippen LogP contribution in [0.15, 0.2) is 18.2 Å². The molecule has 4 nitrogen and oxygen atoms in total. The fourth-order valence-corrected chi connectivity index (χ4v) is 2.41. The Bertz CT molecular complexity index is 459. The molecule has 0 fully saturated rings. The number of Topliss-reactive ketones (excluding diaryl/α,β-unsaturated/α-hetero) is 1. The Morgan fingerprint density at radius 3 is 3.00 bits per heavy atom. The smallest absolute Gasteiger partial charge is 0.163 e. The summed E-state index contributed by atoms with van der Waals surface area (Å²) in [5.74, 6) is 1.03. The fourth-order valence-electron chi connectivity index (χ4n) is 2.41. The van der Waals surface area contributed by atoms with Crippen molar-refractivity contribution in [3.8, 4) is 5.75 Å². The summed E-state index contributed by atoms with van der Waals surface area (Å²) < 4.78 is 5.81. The van der Waals surface area contributed by atoms with Crippen molar-refractivity contribution in [1.29, 1.82) is 0 Å². The Hall–Kier alpha value is -1.55. The van der Waals surface area contributed by atoms with Gasteiger partial charge in [0.25, 0.3) is 0 Å². The number of hydrogen-bond acceptors (Lipinski definition) is 4. The van der Waals surface area contributed by atoms with E-state index in [1.54, 1.807) is 0 Å². The molecule has 0 aliphatic carbocycles. The predicted octanol–water partition coefficient (Wildman–Crippen LogP) is 2.22. The molecule has 0 spiro atoms. The number of nitrogens with zero attached hydrogens (tertiary/aromatic N) is 1. The summed E-state index contributed by atoms with van der Waals surface area (Å²) >= 11 is 0. The molecule has 1 aliphatic rings. The lowest BCUT2D eigenvalue weighted by atomic mass is 10.0. The van der Waals surface area contributed by atoms with Crippen LogP contribution in [0.1, 0.15) is 37.0 Å². The third-order valence-electron chi connectivity index (χ3n) is 3.42. The summed E-state index contributed by atoms with van der Waals surface area (Å²) in [6, 6.07) is 5.70. The van der Waals surface area contributed by atoms with Gasteiger partial charge in [-0.05, 0) is 45.0 Å². The molecule has 0 saturated carbocycles. The number of ether oxygens (including phenoxy) is 1. The molecule has 1 atom stereocenters. The van der Waals surface area contributed by atoms with Crippen LogP contribution in [0.3, 0.4) is 0 Å². The molecule has 1 heterocycles. The molecule has 2 N–H and O–H groups in total. The number of rotatable bonds is 5. The summed E-state index contributed by atoms with van der Waals surface area (Å²) in [6.07, 6.45) is 1.44. The Labute approximate surface area is 114 Å². The predicted molar refractivity (Wildman–Crippen MR) is 77.0 cm³/mol. The van der Waals surface area contributed by atoms with E-state index in [2.05, 4.69) is 18.7 Å². The lowest BCUT2D eigenvalue weighted by Crippen LogP contribution is -2.38. The molecule has 104 valence electrons. The van der Waals surface area contributed by atoms with Gasteiger partial charge in [-0.25, -0.2) is 0 Å². The average molecular weight is 262 g/mol. The lowest BCUT2D eigenvalue weighted by Gasteiger charge is -2.34. The van der Waals surface area contributed by atoms with E-state index in [0.29, 0.717) is 13.0 Å². The third-order valence-corrected chi connectivity index (χ3v) is 3.42. The van der Waals surface area contributed by atoms with Crippen molar-refractivity contribution < 1.29 is 9.53 Å². The first-order valence-corrected chi connectivity index (χ1v) is 6.94. The molecule has 1 unspecified atom stereocenters. The van der Waals surface area contributed by atoms with Gasteiger partial charge in [-0.2, -0.15) is 0 Å².